The molecule has 0 saturated heterocycles. The summed E-state index contributed by atoms with van der Waals surface area (Å²) < 4.78 is 16.3. The normalized spacial score (nSPS) is 10.7. The van der Waals surface area contributed by atoms with E-state index in [-0.39, 0.29) is 5.91 Å². The van der Waals surface area contributed by atoms with E-state index in [0.29, 0.717) is 25.3 Å². The Labute approximate surface area is 152 Å². The first-order chi connectivity index (χ1) is 12.7. The average Bonchev–Trinajstić information content (AvgIpc) is 3.08. The van der Waals surface area contributed by atoms with Crippen LogP contribution in [0.15, 0.2) is 46.9 Å². The van der Waals surface area contributed by atoms with Gasteiger partial charge < -0.3 is 19.2 Å². The molecule has 0 saturated carbocycles. The van der Waals surface area contributed by atoms with E-state index in [1.807, 2.05) is 49.4 Å². The highest BCUT2D eigenvalue weighted by atomic mass is 16.5. The third kappa shape index (κ3) is 4.53. The van der Waals surface area contributed by atoms with E-state index < -0.39 is 0 Å². The van der Waals surface area contributed by atoms with Crippen molar-refractivity contribution in [2.24, 2.45) is 0 Å². The monoisotopic (exact) mass is 354 g/mol. The Balaban J connectivity index is 1.44. The van der Waals surface area contributed by atoms with Crippen molar-refractivity contribution < 1.29 is 18.7 Å². The van der Waals surface area contributed by atoms with Gasteiger partial charge in [0.2, 0.25) is 5.91 Å². The van der Waals surface area contributed by atoms with Crippen LogP contribution in [0.1, 0.15) is 25.7 Å². The fourth-order valence-electron chi connectivity index (χ4n) is 2.52. The molecule has 6 nitrogen and oxygen atoms in total. The summed E-state index contributed by atoms with van der Waals surface area (Å²) in [6.45, 7) is 2.46. The van der Waals surface area contributed by atoms with Gasteiger partial charge in [0.15, 0.2) is 11.5 Å². The second-order valence-electron chi connectivity index (χ2n) is 5.82. The van der Waals surface area contributed by atoms with Gasteiger partial charge in [-0.3, -0.25) is 4.79 Å². The van der Waals surface area contributed by atoms with E-state index in [4.69, 9.17) is 13.9 Å². The number of amides is 1. The molecule has 0 spiro atoms. The lowest BCUT2D eigenvalue weighted by Gasteiger charge is -2.08. The molecule has 0 atom stereocenters. The number of nitrogens with one attached hydrogen (secondary N) is 1. The highest BCUT2D eigenvalue weighted by molar-refractivity contribution is 5.92. The Morgan fingerprint density at radius 2 is 1.92 bits per heavy atom. The molecule has 0 fully saturated rings. The van der Waals surface area contributed by atoms with Gasteiger partial charge in [-0.25, -0.2) is 4.98 Å². The summed E-state index contributed by atoms with van der Waals surface area (Å²) in [6, 6.07) is 12.8. The molecule has 1 heterocycles. The van der Waals surface area contributed by atoms with E-state index in [9.17, 15) is 4.79 Å². The van der Waals surface area contributed by atoms with Gasteiger partial charge in [0.05, 0.1) is 13.7 Å². The first kappa shape index (κ1) is 17.8. The first-order valence-electron chi connectivity index (χ1n) is 8.64. The quantitative estimate of drug-likeness (QED) is 0.614. The molecule has 1 aromatic heterocycles. The van der Waals surface area contributed by atoms with Crippen molar-refractivity contribution in [1.29, 1.82) is 0 Å². The van der Waals surface area contributed by atoms with Crippen molar-refractivity contribution in [3.63, 3.8) is 0 Å². The van der Waals surface area contributed by atoms with Crippen LogP contribution < -0.4 is 14.8 Å². The Bertz CT molecular complexity index is 871. The zero-order valence-electron chi connectivity index (χ0n) is 15.0. The second kappa shape index (κ2) is 8.38. The van der Waals surface area contributed by atoms with Crippen LogP contribution in [0.25, 0.3) is 11.1 Å². The summed E-state index contributed by atoms with van der Waals surface area (Å²) in [5, 5.41) is 2.88. The van der Waals surface area contributed by atoms with Crippen LogP contribution in [-0.2, 0) is 11.2 Å². The van der Waals surface area contributed by atoms with Crippen molar-refractivity contribution in [1.82, 2.24) is 4.98 Å². The van der Waals surface area contributed by atoms with Crippen LogP contribution in [0.5, 0.6) is 11.5 Å². The van der Waals surface area contributed by atoms with Crippen LogP contribution in [0.3, 0.4) is 0 Å². The number of fused-ring (bicyclic) bond motifs is 1. The van der Waals surface area contributed by atoms with Crippen LogP contribution in [0.2, 0.25) is 0 Å². The number of aryl methyl sites for hydroxylation is 1. The maximum atomic E-state index is 12.1. The molecule has 0 aliphatic carbocycles. The molecule has 1 amide bonds. The Morgan fingerprint density at radius 3 is 2.65 bits per heavy atom. The lowest BCUT2D eigenvalue weighted by molar-refractivity contribution is -0.116. The predicted molar refractivity (Wildman–Crippen MR) is 99.7 cm³/mol. The molecule has 0 radical (unpaired) electrons. The first-order valence-corrected chi connectivity index (χ1v) is 8.64. The number of hydrogen-bond donors (Lipinski definition) is 1. The van der Waals surface area contributed by atoms with E-state index in [2.05, 4.69) is 10.3 Å². The minimum Gasteiger partial charge on any atom is -0.497 e. The van der Waals surface area contributed by atoms with Gasteiger partial charge in [-0.2, -0.15) is 0 Å². The van der Waals surface area contributed by atoms with E-state index in [1.54, 1.807) is 7.11 Å². The van der Waals surface area contributed by atoms with Gasteiger partial charge >= 0.3 is 0 Å². The maximum Gasteiger partial charge on any atom is 0.224 e. The van der Waals surface area contributed by atoms with Crippen LogP contribution in [0, 0.1) is 0 Å². The van der Waals surface area contributed by atoms with Crippen molar-refractivity contribution in [3.8, 4) is 11.5 Å². The molecule has 2 aromatic carbocycles. The Morgan fingerprint density at radius 1 is 1.15 bits per heavy atom. The van der Waals surface area contributed by atoms with Crippen LogP contribution in [0.4, 0.5) is 5.69 Å². The fourth-order valence-corrected chi connectivity index (χ4v) is 2.52. The molecule has 26 heavy (non-hydrogen) atoms. The maximum absolute atomic E-state index is 12.1. The molecular weight excluding hydrogens is 332 g/mol. The van der Waals surface area contributed by atoms with Gasteiger partial charge in [0.1, 0.15) is 17.0 Å². The molecule has 0 unspecified atom stereocenters. The number of carbonyl (C=O) groups is 1. The summed E-state index contributed by atoms with van der Waals surface area (Å²) in [7, 11) is 1.62. The topological polar surface area (TPSA) is 73.6 Å². The number of benzene rings is 2. The van der Waals surface area contributed by atoms with Gasteiger partial charge in [-0.15, -0.1) is 0 Å². The zero-order valence-corrected chi connectivity index (χ0v) is 15.0. The number of ether oxygens (including phenoxy) is 2. The van der Waals surface area contributed by atoms with Gasteiger partial charge in [0, 0.05) is 18.5 Å². The number of aromatic nitrogens is 1. The molecule has 1 N–H and O–H groups in total. The predicted octanol–water partition coefficient (Wildman–Crippen LogP) is 4.20. The van der Waals surface area contributed by atoms with Crippen molar-refractivity contribution in [2.45, 2.75) is 26.2 Å². The number of methoxy groups -OCH3 is 1. The van der Waals surface area contributed by atoms with E-state index in [1.165, 1.54) is 0 Å². The summed E-state index contributed by atoms with van der Waals surface area (Å²) in [5.41, 5.74) is 2.20. The summed E-state index contributed by atoms with van der Waals surface area (Å²) in [4.78, 5) is 16.5. The molecular formula is C20H22N2O4. The van der Waals surface area contributed by atoms with Crippen LogP contribution >= 0.6 is 0 Å². The summed E-state index contributed by atoms with van der Waals surface area (Å²) in [5.74, 6) is 2.18. The Hall–Kier alpha value is -3.02. The van der Waals surface area contributed by atoms with Crippen molar-refractivity contribution in [2.75, 3.05) is 19.0 Å². The summed E-state index contributed by atoms with van der Waals surface area (Å²) in [6.07, 6.45) is 1.75. The highest BCUT2D eigenvalue weighted by Crippen LogP contribution is 2.21. The largest absolute Gasteiger partial charge is 0.497 e. The molecule has 0 aliphatic rings. The zero-order chi connectivity index (χ0) is 18.4. The molecule has 6 heteroatoms. The molecule has 3 aromatic rings. The number of carbonyl (C=O) groups excluding carboxylic acids is 1. The SMILES string of the molecule is CCc1nc2cc(NC(=O)CCCOc3ccc(OC)cc3)ccc2o1. The van der Waals surface area contributed by atoms with E-state index >= 15 is 0 Å². The fraction of sp³-hybridized carbons (Fsp3) is 0.300. The molecule has 0 aliphatic heterocycles. The van der Waals surface area contributed by atoms with Crippen molar-refractivity contribution >= 4 is 22.7 Å². The number of rotatable bonds is 8. The Kier molecular flexibility index (Phi) is 5.73. The van der Waals surface area contributed by atoms with E-state index in [0.717, 1.165) is 34.7 Å². The van der Waals surface area contributed by atoms with Gasteiger partial charge in [0.25, 0.3) is 0 Å². The third-order valence-electron chi connectivity index (χ3n) is 3.89. The standard InChI is InChI=1S/C20H22N2O4/c1-3-20-22-17-13-14(6-11-18(17)26-20)21-19(23)5-4-12-25-16-9-7-15(24-2)8-10-16/h6-11,13H,3-5,12H2,1-2H3,(H,21,23). The highest BCUT2D eigenvalue weighted by Gasteiger charge is 2.07. The number of nitrogens with zero attached hydrogens (tertiary/aromatic N) is 1. The number of hydrogen-bond acceptors (Lipinski definition) is 5. The van der Waals surface area contributed by atoms with Gasteiger partial charge in [-0.05, 0) is 48.9 Å². The smallest absolute Gasteiger partial charge is 0.224 e. The molecule has 3 rings (SSSR count). The van der Waals surface area contributed by atoms with Gasteiger partial charge in [-0.1, -0.05) is 6.92 Å². The lowest BCUT2D eigenvalue weighted by Crippen LogP contribution is -2.12. The number of anilines is 1. The van der Waals surface area contributed by atoms with Crippen molar-refractivity contribution in [3.05, 3.63) is 48.4 Å². The molecule has 136 valence electrons. The average molecular weight is 354 g/mol. The summed E-state index contributed by atoms with van der Waals surface area (Å²) >= 11 is 0. The molecule has 0 bridgehead atoms. The van der Waals surface area contributed by atoms with Crippen LogP contribution in [-0.4, -0.2) is 24.6 Å². The number of oxazole rings is 1. The third-order valence-corrected chi connectivity index (χ3v) is 3.89. The minimum atomic E-state index is -0.0538. The lowest BCUT2D eigenvalue weighted by atomic mass is 10.2. The second-order valence-corrected chi connectivity index (χ2v) is 5.82. The minimum absolute atomic E-state index is 0.0538.